The van der Waals surface area contributed by atoms with E-state index in [4.69, 9.17) is 0 Å². The molecule has 0 radical (unpaired) electrons. The Bertz CT molecular complexity index is 711. The molecule has 2 heterocycles. The largest absolute Gasteiger partial charge is 0.339 e. The highest BCUT2D eigenvalue weighted by atomic mass is 79.9. The summed E-state index contributed by atoms with van der Waals surface area (Å²) in [6.07, 6.45) is 0.198. The molecule has 1 aromatic heterocycles. The number of carbonyl (C=O) groups excluding carboxylic acids is 1. The van der Waals surface area contributed by atoms with Gasteiger partial charge in [0.25, 0.3) is 11.8 Å². The number of carbonyl (C=O) groups is 1. The number of hydrogen-bond acceptors (Lipinski definition) is 1. The fraction of sp³-hybridized carbons (Fsp3) is 0.400. The second kappa shape index (κ2) is 5.09. The first-order valence-electron chi connectivity index (χ1n) is 6.80. The minimum absolute atomic E-state index is 0.141. The summed E-state index contributed by atoms with van der Waals surface area (Å²) in [6.45, 7) is -0.106. The molecular weight excluding hydrogens is 342 g/mol. The number of halogens is 3. The Morgan fingerprint density at radius 3 is 2.81 bits per heavy atom. The highest BCUT2D eigenvalue weighted by Crippen LogP contribution is 2.30. The van der Waals surface area contributed by atoms with Gasteiger partial charge in [0.2, 0.25) is 0 Å². The molecule has 0 spiro atoms. The third kappa shape index (κ3) is 2.57. The number of alkyl halides is 2. The summed E-state index contributed by atoms with van der Waals surface area (Å²) in [5.41, 5.74) is 1.33. The zero-order chi connectivity index (χ0) is 15.2. The van der Waals surface area contributed by atoms with E-state index in [-0.39, 0.29) is 12.3 Å². The molecule has 1 aliphatic heterocycles. The van der Waals surface area contributed by atoms with Gasteiger partial charge in [0.05, 0.1) is 12.1 Å². The Morgan fingerprint density at radius 1 is 1.38 bits per heavy atom. The van der Waals surface area contributed by atoms with Gasteiger partial charge in [-0.3, -0.25) is 4.79 Å². The molecule has 0 aliphatic carbocycles. The van der Waals surface area contributed by atoms with Gasteiger partial charge in [-0.05, 0) is 34.5 Å². The summed E-state index contributed by atoms with van der Waals surface area (Å²) in [4.78, 5) is 13.8. The van der Waals surface area contributed by atoms with Crippen molar-refractivity contribution in [2.45, 2.75) is 18.8 Å². The Labute approximate surface area is 129 Å². The van der Waals surface area contributed by atoms with Crippen molar-refractivity contribution in [3.8, 4) is 0 Å². The first-order valence-corrected chi connectivity index (χ1v) is 7.59. The number of rotatable bonds is 1. The van der Waals surface area contributed by atoms with E-state index in [0.717, 1.165) is 15.4 Å². The molecule has 6 heteroatoms. The second-order valence-electron chi connectivity index (χ2n) is 5.45. The van der Waals surface area contributed by atoms with Gasteiger partial charge in [-0.1, -0.05) is 12.1 Å². The lowest BCUT2D eigenvalue weighted by Gasteiger charge is -2.32. The summed E-state index contributed by atoms with van der Waals surface area (Å²) in [5, 5.41) is 0.916. The maximum atomic E-state index is 13.5. The molecule has 1 aromatic carbocycles. The molecule has 1 aliphatic rings. The molecule has 0 N–H and O–H groups in total. The number of fused-ring (bicyclic) bond motifs is 1. The third-order valence-corrected chi connectivity index (χ3v) is 4.55. The maximum absolute atomic E-state index is 13.5. The molecule has 21 heavy (non-hydrogen) atoms. The second-order valence-corrected chi connectivity index (χ2v) is 6.31. The summed E-state index contributed by atoms with van der Waals surface area (Å²) < 4.78 is 29.6. The molecule has 1 fully saturated rings. The quantitative estimate of drug-likeness (QED) is 0.762. The Kier molecular flexibility index (Phi) is 3.51. The van der Waals surface area contributed by atoms with E-state index in [0.29, 0.717) is 18.7 Å². The Hall–Kier alpha value is -1.43. The predicted octanol–water partition coefficient (Wildman–Crippen LogP) is 3.81. The predicted molar refractivity (Wildman–Crippen MR) is 80.7 cm³/mol. The van der Waals surface area contributed by atoms with Crippen molar-refractivity contribution in [1.29, 1.82) is 0 Å². The normalized spacial score (nSPS) is 18.2. The van der Waals surface area contributed by atoms with Crippen LogP contribution in [0.1, 0.15) is 23.3 Å². The zero-order valence-electron chi connectivity index (χ0n) is 11.6. The van der Waals surface area contributed by atoms with Gasteiger partial charge >= 0.3 is 0 Å². The van der Waals surface area contributed by atoms with Crippen molar-refractivity contribution in [1.82, 2.24) is 9.47 Å². The van der Waals surface area contributed by atoms with Crippen LogP contribution in [0, 0.1) is 0 Å². The van der Waals surface area contributed by atoms with Crippen molar-refractivity contribution in [2.24, 2.45) is 7.05 Å². The molecule has 1 amide bonds. The molecule has 0 atom stereocenters. The van der Waals surface area contributed by atoms with Crippen molar-refractivity contribution >= 4 is 32.7 Å². The van der Waals surface area contributed by atoms with E-state index in [1.807, 2.05) is 18.2 Å². The third-order valence-electron chi connectivity index (χ3n) is 3.91. The summed E-state index contributed by atoms with van der Waals surface area (Å²) >= 11 is 3.46. The van der Waals surface area contributed by atoms with Crippen molar-refractivity contribution in [3.05, 3.63) is 34.4 Å². The number of benzene rings is 1. The number of nitrogens with zero attached hydrogens (tertiary/aromatic N) is 2. The van der Waals surface area contributed by atoms with Gasteiger partial charge in [0, 0.05) is 29.9 Å². The fourth-order valence-corrected chi connectivity index (χ4v) is 3.52. The summed E-state index contributed by atoms with van der Waals surface area (Å²) in [7, 11) is 1.78. The minimum Gasteiger partial charge on any atom is -0.339 e. The van der Waals surface area contributed by atoms with Crippen LogP contribution in [0.15, 0.2) is 28.7 Å². The van der Waals surface area contributed by atoms with Crippen LogP contribution < -0.4 is 0 Å². The molecule has 2 aromatic rings. The van der Waals surface area contributed by atoms with Gasteiger partial charge in [-0.2, -0.15) is 0 Å². The van der Waals surface area contributed by atoms with Crippen LogP contribution in [0.2, 0.25) is 0 Å². The SMILES string of the molecule is Cn1c(C(=O)N2CCCC(F)(F)C2)cc2cccc(Br)c21. The molecule has 0 unspecified atom stereocenters. The highest BCUT2D eigenvalue weighted by molar-refractivity contribution is 9.10. The average Bonchev–Trinajstić information content (AvgIpc) is 2.75. The molecule has 112 valence electrons. The van der Waals surface area contributed by atoms with Gasteiger partial charge < -0.3 is 9.47 Å². The van der Waals surface area contributed by atoms with E-state index in [2.05, 4.69) is 15.9 Å². The molecular formula is C15H15BrF2N2O. The van der Waals surface area contributed by atoms with E-state index in [1.54, 1.807) is 17.7 Å². The maximum Gasteiger partial charge on any atom is 0.270 e. The van der Waals surface area contributed by atoms with E-state index >= 15 is 0 Å². The number of para-hydroxylation sites is 1. The van der Waals surface area contributed by atoms with E-state index < -0.39 is 12.5 Å². The first-order chi connectivity index (χ1) is 9.89. The Balaban J connectivity index is 1.99. The zero-order valence-corrected chi connectivity index (χ0v) is 13.2. The molecule has 0 saturated carbocycles. The van der Waals surface area contributed by atoms with Crippen LogP contribution in [0.3, 0.4) is 0 Å². The summed E-state index contributed by atoms with van der Waals surface area (Å²) in [5.74, 6) is -3.11. The average molecular weight is 357 g/mol. The minimum atomic E-state index is -2.78. The number of aromatic nitrogens is 1. The molecule has 0 bridgehead atoms. The Morgan fingerprint density at radius 2 is 2.14 bits per heavy atom. The number of piperidine rings is 1. The lowest BCUT2D eigenvalue weighted by atomic mass is 10.1. The lowest BCUT2D eigenvalue weighted by Crippen LogP contribution is -2.46. The summed E-state index contributed by atoms with van der Waals surface area (Å²) in [6, 6.07) is 7.44. The van der Waals surface area contributed by atoms with Crippen LogP contribution in [-0.4, -0.2) is 34.4 Å². The van der Waals surface area contributed by atoms with Crippen LogP contribution in [0.4, 0.5) is 8.78 Å². The van der Waals surface area contributed by atoms with Crippen LogP contribution in [0.25, 0.3) is 10.9 Å². The van der Waals surface area contributed by atoms with Crippen molar-refractivity contribution in [3.63, 3.8) is 0 Å². The number of likely N-dealkylation sites (tertiary alicyclic amines) is 1. The van der Waals surface area contributed by atoms with Gasteiger partial charge in [-0.25, -0.2) is 8.78 Å². The molecule has 3 rings (SSSR count). The lowest BCUT2D eigenvalue weighted by molar-refractivity contribution is -0.0562. The number of hydrogen-bond donors (Lipinski definition) is 0. The van der Waals surface area contributed by atoms with E-state index in [1.165, 1.54) is 4.90 Å². The monoisotopic (exact) mass is 356 g/mol. The first kappa shape index (κ1) is 14.5. The van der Waals surface area contributed by atoms with Crippen molar-refractivity contribution in [2.75, 3.05) is 13.1 Å². The van der Waals surface area contributed by atoms with E-state index in [9.17, 15) is 13.6 Å². The van der Waals surface area contributed by atoms with Gasteiger partial charge in [0.15, 0.2) is 0 Å². The molecule has 3 nitrogen and oxygen atoms in total. The smallest absolute Gasteiger partial charge is 0.270 e. The van der Waals surface area contributed by atoms with Crippen LogP contribution >= 0.6 is 15.9 Å². The van der Waals surface area contributed by atoms with Crippen molar-refractivity contribution < 1.29 is 13.6 Å². The van der Waals surface area contributed by atoms with Gasteiger partial charge in [0.1, 0.15) is 5.69 Å². The molecule has 1 saturated heterocycles. The topological polar surface area (TPSA) is 25.2 Å². The van der Waals surface area contributed by atoms with Gasteiger partial charge in [-0.15, -0.1) is 0 Å². The van der Waals surface area contributed by atoms with Crippen LogP contribution in [0.5, 0.6) is 0 Å². The van der Waals surface area contributed by atoms with Crippen LogP contribution in [-0.2, 0) is 7.05 Å². The number of aryl methyl sites for hydroxylation is 1. The fourth-order valence-electron chi connectivity index (χ4n) is 2.87. The standard InChI is InChI=1S/C15H15BrF2N2O/c1-19-12(8-10-4-2-5-11(16)13(10)19)14(21)20-7-3-6-15(17,18)9-20/h2,4-5,8H,3,6-7,9H2,1H3. The number of amides is 1. The highest BCUT2D eigenvalue weighted by Gasteiger charge is 2.37.